The summed E-state index contributed by atoms with van der Waals surface area (Å²) in [6, 6.07) is 19.5. The van der Waals surface area contributed by atoms with Crippen LogP contribution in [0.15, 0.2) is 84.4 Å². The third-order valence-corrected chi connectivity index (χ3v) is 5.24. The summed E-state index contributed by atoms with van der Waals surface area (Å²) < 4.78 is 5.16. The predicted molar refractivity (Wildman–Crippen MR) is 117 cm³/mol. The third kappa shape index (κ3) is 3.58. The average molecular weight is 430 g/mol. The number of carbonyl (C=O) groups excluding carboxylic acids is 2. The lowest BCUT2D eigenvalue weighted by molar-refractivity contribution is -0.384. The molecule has 32 heavy (non-hydrogen) atoms. The molecule has 1 aliphatic heterocycles. The third-order valence-electron chi connectivity index (χ3n) is 5.24. The van der Waals surface area contributed by atoms with Crippen LogP contribution in [-0.2, 0) is 9.59 Å². The molecule has 0 spiro atoms. The highest BCUT2D eigenvalue weighted by molar-refractivity contribution is 6.51. The van der Waals surface area contributed by atoms with Crippen molar-refractivity contribution in [2.45, 2.75) is 6.04 Å². The lowest BCUT2D eigenvalue weighted by Gasteiger charge is -2.25. The molecule has 0 radical (unpaired) electrons. The van der Waals surface area contributed by atoms with Crippen molar-refractivity contribution in [1.29, 1.82) is 0 Å². The number of ketones is 1. The zero-order valence-corrected chi connectivity index (χ0v) is 17.0. The molecule has 1 amide bonds. The molecule has 1 aliphatic rings. The molecule has 8 heteroatoms. The van der Waals surface area contributed by atoms with Crippen LogP contribution in [0.3, 0.4) is 0 Å². The number of anilines is 1. The molecule has 1 atom stereocenters. The molecule has 4 rings (SSSR count). The van der Waals surface area contributed by atoms with Gasteiger partial charge in [-0.3, -0.25) is 24.6 Å². The van der Waals surface area contributed by atoms with E-state index in [1.165, 1.54) is 30.2 Å². The minimum Gasteiger partial charge on any atom is -0.507 e. The molecule has 0 unspecified atom stereocenters. The average Bonchev–Trinajstić information content (AvgIpc) is 3.09. The number of carbonyl (C=O) groups is 2. The second-order valence-electron chi connectivity index (χ2n) is 7.09. The molecule has 1 saturated heterocycles. The van der Waals surface area contributed by atoms with Crippen molar-refractivity contribution < 1.29 is 24.4 Å². The van der Waals surface area contributed by atoms with E-state index < -0.39 is 22.7 Å². The maximum Gasteiger partial charge on any atom is 0.300 e. The predicted octanol–water partition coefficient (Wildman–Crippen LogP) is 4.23. The van der Waals surface area contributed by atoms with Gasteiger partial charge in [0.25, 0.3) is 17.4 Å². The number of non-ortho nitro benzene ring substituents is 1. The number of amides is 1. The number of ether oxygens (including phenoxy) is 1. The van der Waals surface area contributed by atoms with E-state index in [1.807, 2.05) is 0 Å². The van der Waals surface area contributed by atoms with Gasteiger partial charge in [0.2, 0.25) is 0 Å². The Balaban J connectivity index is 1.95. The van der Waals surface area contributed by atoms with Crippen molar-refractivity contribution in [3.63, 3.8) is 0 Å². The van der Waals surface area contributed by atoms with E-state index >= 15 is 0 Å². The summed E-state index contributed by atoms with van der Waals surface area (Å²) in [5.41, 5.74) is 0.735. The van der Waals surface area contributed by atoms with Crippen molar-refractivity contribution in [3.8, 4) is 5.75 Å². The van der Waals surface area contributed by atoms with Gasteiger partial charge < -0.3 is 9.84 Å². The highest BCUT2D eigenvalue weighted by Crippen LogP contribution is 2.43. The minimum absolute atomic E-state index is 0.141. The van der Waals surface area contributed by atoms with Crippen LogP contribution in [0.4, 0.5) is 11.4 Å². The minimum atomic E-state index is -1.05. The fourth-order valence-corrected chi connectivity index (χ4v) is 3.72. The quantitative estimate of drug-likeness (QED) is 0.213. The van der Waals surface area contributed by atoms with Gasteiger partial charge in [-0.15, -0.1) is 0 Å². The SMILES string of the molecule is COc1ccc(N2C(=O)C(=O)C(=C(O)c3ccccc3)[C@@H]2c2cccc([N+](=O)[O-])c2)cc1. The molecule has 8 nitrogen and oxygen atoms in total. The first-order valence-electron chi connectivity index (χ1n) is 9.67. The summed E-state index contributed by atoms with van der Waals surface area (Å²) in [6.45, 7) is 0. The topological polar surface area (TPSA) is 110 Å². The Hall–Kier alpha value is -4.46. The lowest BCUT2D eigenvalue weighted by atomic mass is 9.95. The fraction of sp³-hybridized carbons (Fsp3) is 0.0833. The summed E-state index contributed by atoms with van der Waals surface area (Å²) in [6.07, 6.45) is 0. The van der Waals surface area contributed by atoms with Gasteiger partial charge >= 0.3 is 0 Å². The molecular weight excluding hydrogens is 412 g/mol. The fourth-order valence-electron chi connectivity index (χ4n) is 3.72. The standard InChI is InChI=1S/C24H18N2O6/c1-32-19-12-10-17(11-13-19)25-21(16-8-5-9-18(14-16)26(30)31)20(23(28)24(25)29)22(27)15-6-3-2-4-7-15/h2-14,21,27H,1H3/t21-/m0/s1. The van der Waals surface area contributed by atoms with Crippen LogP contribution in [0.1, 0.15) is 17.2 Å². The molecule has 1 fully saturated rings. The molecule has 1 heterocycles. The number of Topliss-reactive ketones (excluding diaryl/α,β-unsaturated/α-hetero) is 1. The normalized spacial score (nSPS) is 17.4. The first kappa shape index (κ1) is 20.8. The number of aliphatic hydroxyl groups is 1. The van der Waals surface area contributed by atoms with Crippen LogP contribution >= 0.6 is 0 Å². The van der Waals surface area contributed by atoms with Crippen LogP contribution in [0.25, 0.3) is 5.76 Å². The highest BCUT2D eigenvalue weighted by atomic mass is 16.6. The molecule has 0 aromatic heterocycles. The van der Waals surface area contributed by atoms with Crippen molar-refractivity contribution in [2.75, 3.05) is 12.0 Å². The number of aliphatic hydroxyl groups excluding tert-OH is 1. The van der Waals surface area contributed by atoms with Gasteiger partial charge in [-0.05, 0) is 29.8 Å². The van der Waals surface area contributed by atoms with Gasteiger partial charge in [0.15, 0.2) is 0 Å². The Kier molecular flexibility index (Phi) is 5.43. The number of hydrogen-bond acceptors (Lipinski definition) is 6. The van der Waals surface area contributed by atoms with Crippen LogP contribution in [0, 0.1) is 10.1 Å². The second kappa shape index (κ2) is 8.35. The number of nitro groups is 1. The van der Waals surface area contributed by atoms with Crippen molar-refractivity contribution in [3.05, 3.63) is 106 Å². The molecule has 0 aliphatic carbocycles. The van der Waals surface area contributed by atoms with Crippen LogP contribution in [-0.4, -0.2) is 28.8 Å². The van der Waals surface area contributed by atoms with E-state index in [1.54, 1.807) is 60.7 Å². The van der Waals surface area contributed by atoms with Crippen LogP contribution < -0.4 is 9.64 Å². The van der Waals surface area contributed by atoms with E-state index in [9.17, 15) is 24.8 Å². The largest absolute Gasteiger partial charge is 0.507 e. The smallest absolute Gasteiger partial charge is 0.300 e. The lowest BCUT2D eigenvalue weighted by Crippen LogP contribution is -2.29. The van der Waals surface area contributed by atoms with Crippen LogP contribution in [0.2, 0.25) is 0 Å². The van der Waals surface area contributed by atoms with Gasteiger partial charge in [-0.1, -0.05) is 42.5 Å². The number of nitrogens with zero attached hydrogens (tertiary/aromatic N) is 2. The van der Waals surface area contributed by atoms with Gasteiger partial charge in [-0.2, -0.15) is 0 Å². The Labute approximate surface area is 183 Å². The summed E-state index contributed by atoms with van der Waals surface area (Å²) in [7, 11) is 1.50. The Bertz CT molecular complexity index is 1230. The molecule has 3 aromatic rings. The Morgan fingerprint density at radius 2 is 1.69 bits per heavy atom. The highest BCUT2D eigenvalue weighted by Gasteiger charge is 2.47. The maximum atomic E-state index is 13.1. The summed E-state index contributed by atoms with van der Waals surface area (Å²) in [4.78, 5) is 38.2. The van der Waals surface area contributed by atoms with E-state index in [-0.39, 0.29) is 17.0 Å². The molecule has 0 bridgehead atoms. The number of benzene rings is 3. The summed E-state index contributed by atoms with van der Waals surface area (Å²) in [5, 5.41) is 22.3. The van der Waals surface area contributed by atoms with E-state index in [0.717, 1.165) is 0 Å². The van der Waals surface area contributed by atoms with E-state index in [0.29, 0.717) is 22.6 Å². The molecular formula is C24H18N2O6. The number of hydrogen-bond donors (Lipinski definition) is 1. The van der Waals surface area contributed by atoms with E-state index in [2.05, 4.69) is 0 Å². The molecule has 1 N–H and O–H groups in total. The van der Waals surface area contributed by atoms with Gasteiger partial charge in [-0.25, -0.2) is 0 Å². The van der Waals surface area contributed by atoms with Crippen molar-refractivity contribution in [1.82, 2.24) is 0 Å². The summed E-state index contributed by atoms with van der Waals surface area (Å²) >= 11 is 0. The number of nitro benzene ring substituents is 1. The zero-order chi connectivity index (χ0) is 22.8. The van der Waals surface area contributed by atoms with Crippen molar-refractivity contribution in [2.24, 2.45) is 0 Å². The Morgan fingerprint density at radius 1 is 1.00 bits per heavy atom. The molecule has 0 saturated carbocycles. The van der Waals surface area contributed by atoms with Crippen molar-refractivity contribution >= 4 is 28.8 Å². The second-order valence-corrected chi connectivity index (χ2v) is 7.09. The zero-order valence-electron chi connectivity index (χ0n) is 17.0. The van der Waals surface area contributed by atoms with E-state index in [4.69, 9.17) is 4.74 Å². The van der Waals surface area contributed by atoms with Gasteiger partial charge in [0, 0.05) is 23.4 Å². The van der Waals surface area contributed by atoms with Crippen LogP contribution in [0.5, 0.6) is 5.75 Å². The Morgan fingerprint density at radius 3 is 2.31 bits per heavy atom. The first-order valence-corrected chi connectivity index (χ1v) is 9.67. The number of methoxy groups -OCH3 is 1. The summed E-state index contributed by atoms with van der Waals surface area (Å²) in [5.74, 6) is -1.51. The number of rotatable bonds is 5. The molecule has 3 aromatic carbocycles. The molecule has 160 valence electrons. The van der Waals surface area contributed by atoms with Gasteiger partial charge in [0.05, 0.1) is 23.6 Å². The maximum absolute atomic E-state index is 13.1. The monoisotopic (exact) mass is 430 g/mol. The van der Waals surface area contributed by atoms with Gasteiger partial charge in [0.1, 0.15) is 11.5 Å². The first-order chi connectivity index (χ1) is 15.4.